The van der Waals surface area contributed by atoms with Gasteiger partial charge in [0.2, 0.25) is 0 Å². The number of hydrogen-bond acceptors (Lipinski definition) is 1. The Kier molecular flexibility index (Phi) is 5.08. The van der Waals surface area contributed by atoms with Crippen molar-refractivity contribution in [1.29, 1.82) is 0 Å². The van der Waals surface area contributed by atoms with E-state index in [1.807, 2.05) is 11.3 Å². The van der Waals surface area contributed by atoms with Crippen molar-refractivity contribution in [2.45, 2.75) is 0 Å². The average Bonchev–Trinajstić information content (AvgIpc) is 3.50. The van der Waals surface area contributed by atoms with E-state index in [1.165, 1.54) is 101 Å². The molecule has 1 aromatic heterocycles. The van der Waals surface area contributed by atoms with Crippen molar-refractivity contribution in [3.63, 3.8) is 0 Å². The standard InChI is InChI=1S/C45H27PS/c1-46(33-20-25-41-37(26-33)34-10-2-3-11-40(34)47-41,38-23-18-31-14-12-27-6-4-8-29-16-21-35(38)44(31)42(27)29)39-24-19-32-15-13-28-7-5-9-30-17-22-36(39)45(32)43(28)30/h2-26H,1H2. The minimum atomic E-state index is -2.45. The smallest absolute Gasteiger partial charge is 0.0355 e. The van der Waals surface area contributed by atoms with E-state index in [0.717, 1.165) is 0 Å². The lowest BCUT2D eigenvalue weighted by molar-refractivity contribution is 1.79. The average molecular weight is 631 g/mol. The van der Waals surface area contributed by atoms with Crippen LogP contribution in [0.5, 0.6) is 0 Å². The first-order chi connectivity index (χ1) is 23.2. The van der Waals surface area contributed by atoms with Crippen LogP contribution in [0.15, 0.2) is 152 Å². The second-order valence-corrected chi connectivity index (χ2v) is 17.2. The van der Waals surface area contributed by atoms with Gasteiger partial charge in [-0.1, -0.05) is 140 Å². The van der Waals surface area contributed by atoms with Crippen LogP contribution in [-0.4, -0.2) is 6.30 Å². The first-order valence-corrected chi connectivity index (χ1v) is 19.0. The number of benzene rings is 10. The Balaban J connectivity index is 1.32. The van der Waals surface area contributed by atoms with Crippen LogP contribution in [0.2, 0.25) is 0 Å². The maximum atomic E-state index is 5.43. The van der Waals surface area contributed by atoms with Crippen molar-refractivity contribution in [3.8, 4) is 0 Å². The van der Waals surface area contributed by atoms with Crippen LogP contribution in [0.25, 0.3) is 84.8 Å². The zero-order valence-corrected chi connectivity index (χ0v) is 27.2. The molecule has 47 heavy (non-hydrogen) atoms. The number of rotatable bonds is 3. The predicted octanol–water partition coefficient (Wildman–Crippen LogP) is 11.6. The lowest BCUT2D eigenvalue weighted by Crippen LogP contribution is -2.26. The van der Waals surface area contributed by atoms with E-state index in [2.05, 4.69) is 152 Å². The van der Waals surface area contributed by atoms with E-state index in [1.54, 1.807) is 0 Å². The molecule has 1 heterocycles. The van der Waals surface area contributed by atoms with Crippen molar-refractivity contribution < 1.29 is 0 Å². The molecule has 0 amide bonds. The Morgan fingerprint density at radius 1 is 0.362 bits per heavy atom. The summed E-state index contributed by atoms with van der Waals surface area (Å²) in [6, 6.07) is 57.3. The first kappa shape index (κ1) is 25.9. The Morgan fingerprint density at radius 3 is 1.40 bits per heavy atom. The zero-order chi connectivity index (χ0) is 30.9. The molecule has 0 saturated heterocycles. The van der Waals surface area contributed by atoms with Crippen LogP contribution >= 0.6 is 18.2 Å². The molecule has 0 unspecified atom stereocenters. The highest BCUT2D eigenvalue weighted by Gasteiger charge is 2.29. The molecule has 0 aliphatic rings. The van der Waals surface area contributed by atoms with Gasteiger partial charge in [-0.3, -0.25) is 0 Å². The van der Waals surface area contributed by atoms with Crippen molar-refractivity contribution in [2.75, 3.05) is 0 Å². The summed E-state index contributed by atoms with van der Waals surface area (Å²) in [5.41, 5.74) is 0. The van der Waals surface area contributed by atoms with Gasteiger partial charge in [0.15, 0.2) is 0 Å². The summed E-state index contributed by atoms with van der Waals surface area (Å²) in [5.74, 6) is 0. The highest BCUT2D eigenvalue weighted by Crippen LogP contribution is 2.50. The molecule has 0 aliphatic heterocycles. The third-order valence-corrected chi connectivity index (χ3v) is 15.4. The van der Waals surface area contributed by atoms with Gasteiger partial charge in [-0.25, -0.2) is 0 Å². The summed E-state index contributed by atoms with van der Waals surface area (Å²) in [6.45, 7) is -2.45. The van der Waals surface area contributed by atoms with Gasteiger partial charge in [0, 0.05) is 20.2 Å². The van der Waals surface area contributed by atoms with Crippen molar-refractivity contribution >= 4 is 125 Å². The van der Waals surface area contributed by atoms with Gasteiger partial charge in [-0.15, -0.1) is 11.3 Å². The molecule has 2 heteroatoms. The van der Waals surface area contributed by atoms with Gasteiger partial charge in [0.05, 0.1) is 0 Å². The fourth-order valence-corrected chi connectivity index (χ4v) is 12.9. The Morgan fingerprint density at radius 2 is 0.830 bits per heavy atom. The third-order valence-electron chi connectivity index (χ3n) is 10.6. The monoisotopic (exact) mass is 630 g/mol. The van der Waals surface area contributed by atoms with Gasteiger partial charge in [0.25, 0.3) is 0 Å². The van der Waals surface area contributed by atoms with Crippen LogP contribution < -0.4 is 15.9 Å². The van der Waals surface area contributed by atoms with Crippen LogP contribution in [0.1, 0.15) is 0 Å². The van der Waals surface area contributed by atoms with Crippen LogP contribution in [-0.2, 0) is 0 Å². The molecule has 0 aliphatic carbocycles. The van der Waals surface area contributed by atoms with E-state index >= 15 is 0 Å². The van der Waals surface area contributed by atoms with Gasteiger partial charge in [0.1, 0.15) is 0 Å². The summed E-state index contributed by atoms with van der Waals surface area (Å²) < 4.78 is 2.66. The molecule has 218 valence electrons. The van der Waals surface area contributed by atoms with Gasteiger partial charge >= 0.3 is 0 Å². The van der Waals surface area contributed by atoms with E-state index in [9.17, 15) is 0 Å². The van der Waals surface area contributed by atoms with Crippen LogP contribution in [0.3, 0.4) is 0 Å². The number of thiophene rings is 1. The summed E-state index contributed by atoms with van der Waals surface area (Å²) in [5, 5.41) is 22.4. The zero-order valence-electron chi connectivity index (χ0n) is 25.5. The third kappa shape index (κ3) is 3.38. The minimum Gasteiger partial charge on any atom is -0.135 e. The summed E-state index contributed by atoms with van der Waals surface area (Å²) in [4.78, 5) is 0. The minimum absolute atomic E-state index is 1.29. The molecule has 0 spiro atoms. The molecule has 0 N–H and O–H groups in total. The van der Waals surface area contributed by atoms with Crippen molar-refractivity contribution in [3.05, 3.63) is 152 Å². The molecule has 0 fully saturated rings. The highest BCUT2D eigenvalue weighted by molar-refractivity contribution is 7.94. The maximum absolute atomic E-state index is 5.43. The number of fused-ring (bicyclic) bond motifs is 3. The Bertz CT molecular complexity index is 2920. The van der Waals surface area contributed by atoms with E-state index in [4.69, 9.17) is 6.30 Å². The molecule has 11 aromatic rings. The molecule has 0 nitrogen and oxygen atoms in total. The summed E-state index contributed by atoms with van der Waals surface area (Å²) >= 11 is 1.88. The van der Waals surface area contributed by atoms with E-state index in [-0.39, 0.29) is 0 Å². The SMILES string of the molecule is C=P(c1ccc2sc3ccccc3c2c1)(c1ccc2ccc3cccc4ccc1c2c34)c1ccc2ccc3cccc4ccc1c2c34. The highest BCUT2D eigenvalue weighted by atomic mass is 32.1. The van der Waals surface area contributed by atoms with Gasteiger partial charge in [-0.2, -0.15) is 0 Å². The van der Waals surface area contributed by atoms with Gasteiger partial charge < -0.3 is 0 Å². The fourth-order valence-electron chi connectivity index (χ4n) is 8.46. The predicted molar refractivity (Wildman–Crippen MR) is 213 cm³/mol. The lowest BCUT2D eigenvalue weighted by Gasteiger charge is -2.30. The van der Waals surface area contributed by atoms with Gasteiger partial charge in [-0.05, 0) is 106 Å². The normalized spacial score (nSPS) is 12.8. The number of hydrogen-bond donors (Lipinski definition) is 0. The molecule has 0 atom stereocenters. The Labute approximate surface area is 275 Å². The molecule has 10 aromatic carbocycles. The maximum Gasteiger partial charge on any atom is 0.0355 e. The fraction of sp³-hybridized carbons (Fsp3) is 0. The van der Waals surface area contributed by atoms with Crippen molar-refractivity contribution in [2.24, 2.45) is 0 Å². The summed E-state index contributed by atoms with van der Waals surface area (Å²) in [7, 11) is 0. The van der Waals surface area contributed by atoms with Crippen molar-refractivity contribution in [1.82, 2.24) is 0 Å². The quantitative estimate of drug-likeness (QED) is 0.135. The van der Waals surface area contributed by atoms with E-state index in [0.29, 0.717) is 0 Å². The van der Waals surface area contributed by atoms with Crippen LogP contribution in [0.4, 0.5) is 0 Å². The molecule has 0 radical (unpaired) electrons. The molecule has 11 rings (SSSR count). The topological polar surface area (TPSA) is 0 Å². The largest absolute Gasteiger partial charge is 0.135 e. The molecule has 0 saturated carbocycles. The lowest BCUT2D eigenvalue weighted by atomic mass is 9.94. The molecular formula is C45H27PS. The van der Waals surface area contributed by atoms with Crippen LogP contribution in [0, 0.1) is 0 Å². The second-order valence-electron chi connectivity index (χ2n) is 13.0. The Hall–Kier alpha value is -5.20. The second kappa shape index (κ2) is 9.20. The molecule has 0 bridgehead atoms. The first-order valence-electron chi connectivity index (χ1n) is 16.2. The van der Waals surface area contributed by atoms with E-state index < -0.39 is 6.89 Å². The summed E-state index contributed by atoms with van der Waals surface area (Å²) in [6.07, 6.45) is 5.43. The molecular weight excluding hydrogens is 604 g/mol.